The van der Waals surface area contributed by atoms with Crippen molar-refractivity contribution in [3.8, 4) is 6.07 Å². The maximum Gasteiger partial charge on any atom is 0.309 e. The van der Waals surface area contributed by atoms with Gasteiger partial charge in [-0.05, 0) is 101 Å². The van der Waals surface area contributed by atoms with E-state index in [1.54, 1.807) is 0 Å². The molecule has 0 spiro atoms. The molecular formula is C29H49NO2. The van der Waals surface area contributed by atoms with Crippen molar-refractivity contribution < 1.29 is 9.53 Å². The van der Waals surface area contributed by atoms with E-state index in [9.17, 15) is 10.1 Å². The summed E-state index contributed by atoms with van der Waals surface area (Å²) in [7, 11) is 0. The van der Waals surface area contributed by atoms with Gasteiger partial charge in [-0.2, -0.15) is 5.26 Å². The van der Waals surface area contributed by atoms with Crippen LogP contribution >= 0.6 is 0 Å². The smallest absolute Gasteiger partial charge is 0.309 e. The lowest BCUT2D eigenvalue weighted by Crippen LogP contribution is -2.34. The van der Waals surface area contributed by atoms with Crippen molar-refractivity contribution in [1.82, 2.24) is 0 Å². The summed E-state index contributed by atoms with van der Waals surface area (Å²) in [5.41, 5.74) is -0.0355. The van der Waals surface area contributed by atoms with E-state index in [1.165, 1.54) is 77.0 Å². The first kappa shape index (κ1) is 25.6. The Labute approximate surface area is 198 Å². The number of carbonyl (C=O) groups is 1. The van der Waals surface area contributed by atoms with E-state index in [0.717, 1.165) is 62.7 Å². The molecule has 0 radical (unpaired) electrons. The minimum atomic E-state index is -0.0355. The van der Waals surface area contributed by atoms with Gasteiger partial charge < -0.3 is 4.74 Å². The Morgan fingerprint density at radius 2 is 1.47 bits per heavy atom. The Hall–Kier alpha value is -1.04. The molecule has 0 heterocycles. The molecular weight excluding hydrogens is 394 g/mol. The third kappa shape index (κ3) is 7.23. The van der Waals surface area contributed by atoms with Gasteiger partial charge in [0, 0.05) is 0 Å². The summed E-state index contributed by atoms with van der Waals surface area (Å²) in [4.78, 5) is 12.6. The van der Waals surface area contributed by atoms with Gasteiger partial charge in [-0.15, -0.1) is 0 Å². The highest BCUT2D eigenvalue weighted by molar-refractivity contribution is 5.72. The van der Waals surface area contributed by atoms with E-state index in [0.29, 0.717) is 0 Å². The van der Waals surface area contributed by atoms with Crippen LogP contribution in [0.15, 0.2) is 0 Å². The monoisotopic (exact) mass is 443 g/mol. The van der Waals surface area contributed by atoms with Crippen LogP contribution in [0.25, 0.3) is 0 Å². The largest absolute Gasteiger partial charge is 0.462 e. The highest BCUT2D eigenvalue weighted by Gasteiger charge is 2.39. The normalized spacial score (nSPS) is 35.7. The molecule has 0 atom stereocenters. The molecule has 0 aromatic heterocycles. The van der Waals surface area contributed by atoms with Crippen LogP contribution < -0.4 is 0 Å². The molecule has 0 saturated heterocycles. The number of hydrogen-bond acceptors (Lipinski definition) is 3. The zero-order valence-electron chi connectivity index (χ0n) is 21.1. The van der Waals surface area contributed by atoms with Crippen molar-refractivity contribution in [3.05, 3.63) is 0 Å². The molecule has 3 aliphatic carbocycles. The minimum absolute atomic E-state index is 0.0355. The highest BCUT2D eigenvalue weighted by Crippen LogP contribution is 2.47. The maximum absolute atomic E-state index is 12.6. The van der Waals surface area contributed by atoms with Gasteiger partial charge in [0.05, 0.1) is 17.4 Å². The van der Waals surface area contributed by atoms with Crippen molar-refractivity contribution in [2.24, 2.45) is 29.1 Å². The summed E-state index contributed by atoms with van der Waals surface area (Å²) < 4.78 is 5.98. The second-order valence-electron chi connectivity index (χ2n) is 11.5. The van der Waals surface area contributed by atoms with Crippen LogP contribution in [0.4, 0.5) is 0 Å². The van der Waals surface area contributed by atoms with Gasteiger partial charge in [0.2, 0.25) is 0 Å². The van der Waals surface area contributed by atoms with E-state index < -0.39 is 0 Å². The predicted octanol–water partition coefficient (Wildman–Crippen LogP) is 8.37. The molecule has 0 N–H and O–H groups in total. The number of nitriles is 1. The van der Waals surface area contributed by atoms with E-state index in [1.807, 2.05) is 0 Å². The first-order valence-electron chi connectivity index (χ1n) is 14.2. The van der Waals surface area contributed by atoms with Crippen LogP contribution in [-0.4, -0.2) is 12.1 Å². The molecule has 32 heavy (non-hydrogen) atoms. The van der Waals surface area contributed by atoms with Crippen molar-refractivity contribution in [3.63, 3.8) is 0 Å². The molecule has 3 heteroatoms. The molecule has 0 bridgehead atoms. The highest BCUT2D eigenvalue weighted by atomic mass is 16.5. The molecule has 3 saturated carbocycles. The van der Waals surface area contributed by atoms with E-state index in [4.69, 9.17) is 4.74 Å². The lowest BCUT2D eigenvalue weighted by Gasteiger charge is -2.40. The van der Waals surface area contributed by atoms with Crippen LogP contribution in [0.3, 0.4) is 0 Å². The summed E-state index contributed by atoms with van der Waals surface area (Å²) >= 11 is 0. The van der Waals surface area contributed by atoms with Gasteiger partial charge in [-0.25, -0.2) is 0 Å². The number of carbonyl (C=O) groups excluding carboxylic acids is 1. The fourth-order valence-electron chi connectivity index (χ4n) is 6.89. The number of rotatable bonds is 10. The topological polar surface area (TPSA) is 50.1 Å². The van der Waals surface area contributed by atoms with Crippen LogP contribution in [0.2, 0.25) is 0 Å². The molecule has 3 rings (SSSR count). The lowest BCUT2D eigenvalue weighted by atomic mass is 9.64. The van der Waals surface area contributed by atoms with Crippen LogP contribution in [0.1, 0.15) is 136 Å². The van der Waals surface area contributed by atoms with Gasteiger partial charge in [-0.1, -0.05) is 52.4 Å². The lowest BCUT2D eigenvalue weighted by molar-refractivity contribution is -0.157. The first-order valence-corrected chi connectivity index (χ1v) is 14.2. The fourth-order valence-corrected chi connectivity index (χ4v) is 6.89. The Morgan fingerprint density at radius 3 is 2.06 bits per heavy atom. The third-order valence-electron chi connectivity index (χ3n) is 9.41. The molecule has 182 valence electrons. The summed E-state index contributed by atoms with van der Waals surface area (Å²) in [6.45, 7) is 4.52. The molecule has 3 aliphatic rings. The number of hydrogen-bond donors (Lipinski definition) is 0. The van der Waals surface area contributed by atoms with Crippen molar-refractivity contribution in [2.45, 2.75) is 142 Å². The summed E-state index contributed by atoms with van der Waals surface area (Å²) in [6, 6.07) is 2.74. The Kier molecular flexibility index (Phi) is 10.4. The molecule has 3 fully saturated rings. The van der Waals surface area contributed by atoms with E-state index in [2.05, 4.69) is 19.9 Å². The van der Waals surface area contributed by atoms with Crippen LogP contribution in [-0.2, 0) is 9.53 Å². The van der Waals surface area contributed by atoms with Crippen LogP contribution in [0, 0.1) is 40.4 Å². The summed E-state index contributed by atoms with van der Waals surface area (Å²) in [5, 5.41) is 9.90. The number of esters is 1. The zero-order chi connectivity index (χ0) is 22.8. The Morgan fingerprint density at radius 1 is 0.844 bits per heavy atom. The Bertz CT molecular complexity index is 585. The molecule has 0 unspecified atom stereocenters. The summed E-state index contributed by atoms with van der Waals surface area (Å²) in [5.74, 6) is 2.66. The average Bonchev–Trinajstić information content (AvgIpc) is 2.85. The average molecular weight is 444 g/mol. The molecule has 0 aliphatic heterocycles. The first-order chi connectivity index (χ1) is 15.6. The van der Waals surface area contributed by atoms with Gasteiger partial charge in [-0.3, -0.25) is 4.79 Å². The Balaban J connectivity index is 1.34. The van der Waals surface area contributed by atoms with Crippen molar-refractivity contribution >= 4 is 5.97 Å². The van der Waals surface area contributed by atoms with Crippen molar-refractivity contribution in [1.29, 1.82) is 5.26 Å². The van der Waals surface area contributed by atoms with Gasteiger partial charge >= 0.3 is 5.97 Å². The predicted molar refractivity (Wildman–Crippen MR) is 131 cm³/mol. The molecule has 3 nitrogen and oxygen atoms in total. The van der Waals surface area contributed by atoms with Gasteiger partial charge in [0.1, 0.15) is 6.10 Å². The van der Waals surface area contributed by atoms with E-state index in [-0.39, 0.29) is 23.4 Å². The van der Waals surface area contributed by atoms with Crippen LogP contribution in [0.5, 0.6) is 0 Å². The second-order valence-corrected chi connectivity index (χ2v) is 11.5. The van der Waals surface area contributed by atoms with E-state index >= 15 is 0 Å². The third-order valence-corrected chi connectivity index (χ3v) is 9.41. The number of ether oxygens (including phenoxy) is 1. The minimum Gasteiger partial charge on any atom is -0.462 e. The zero-order valence-corrected chi connectivity index (χ0v) is 21.1. The molecule has 0 aromatic rings. The fraction of sp³-hybridized carbons (Fsp3) is 0.931. The second kappa shape index (κ2) is 13.0. The standard InChI is InChI=1S/C29H49NO2/c1-3-5-6-7-8-19-29(22-30)20-17-25(18-21-29)24-13-15-27(16-14-24)32-28(31)26-11-9-23(4-2)10-12-26/h23-27H,3-21H2,1-2H3/t23-,24?,25?,26-,27?,29?. The van der Waals surface area contributed by atoms with Crippen molar-refractivity contribution in [2.75, 3.05) is 0 Å². The summed E-state index contributed by atoms with van der Waals surface area (Å²) in [6.07, 6.45) is 22.7. The maximum atomic E-state index is 12.6. The molecule has 0 aromatic carbocycles. The van der Waals surface area contributed by atoms with Gasteiger partial charge in [0.25, 0.3) is 0 Å². The SMILES string of the molecule is CCCCCCCC1(C#N)CCC(C2CCC(OC(=O)[C@H]3CC[C@H](CC)CC3)CC2)CC1. The number of nitrogens with zero attached hydrogens (tertiary/aromatic N) is 1. The number of unbranched alkanes of at least 4 members (excludes halogenated alkanes) is 4. The van der Waals surface area contributed by atoms with Gasteiger partial charge in [0.15, 0.2) is 0 Å². The quantitative estimate of drug-likeness (QED) is 0.252. The molecule has 0 amide bonds.